The van der Waals surface area contributed by atoms with Gasteiger partial charge in [0.25, 0.3) is 11.8 Å². The van der Waals surface area contributed by atoms with Crippen molar-refractivity contribution in [2.75, 3.05) is 24.0 Å². The number of fused-ring (bicyclic) bond motifs is 8. The van der Waals surface area contributed by atoms with Gasteiger partial charge in [0.1, 0.15) is 0 Å². The molecule has 4 aromatic rings. The number of carbonyl (C=O) groups is 4. The van der Waals surface area contributed by atoms with E-state index in [1.807, 2.05) is 0 Å². The lowest BCUT2D eigenvalue weighted by atomic mass is 9.63. The number of amides is 4. The van der Waals surface area contributed by atoms with Gasteiger partial charge in [-0.1, -0.05) is 52.0 Å². The lowest BCUT2D eigenvalue weighted by Crippen LogP contribution is -2.57. The lowest BCUT2D eigenvalue weighted by Gasteiger charge is -2.52. The number of benzene rings is 4. The summed E-state index contributed by atoms with van der Waals surface area (Å²) in [6.07, 6.45) is -9.72. The zero-order valence-electron chi connectivity index (χ0n) is 41.2. The average Bonchev–Trinajstić information content (AvgIpc) is 3.88. The van der Waals surface area contributed by atoms with E-state index in [4.69, 9.17) is 18.9 Å². The minimum atomic E-state index is -5.96. The molecule has 0 N–H and O–H groups in total. The van der Waals surface area contributed by atoms with Gasteiger partial charge in [-0.3, -0.25) is 24.1 Å². The molecule has 3 heterocycles. The second kappa shape index (κ2) is 15.9. The third-order valence-corrected chi connectivity index (χ3v) is 18.0. The van der Waals surface area contributed by atoms with Crippen molar-refractivity contribution >= 4 is 35.0 Å². The number of imide groups is 2. The number of rotatable bonds is 6. The molecule has 0 bridgehead atoms. The first-order chi connectivity index (χ1) is 33.8. The van der Waals surface area contributed by atoms with E-state index in [0.29, 0.717) is 41.7 Å². The summed E-state index contributed by atoms with van der Waals surface area (Å²) in [5.74, 6) is -2.47. The van der Waals surface area contributed by atoms with Crippen molar-refractivity contribution in [1.29, 1.82) is 0 Å². The molecule has 4 amide bonds. The normalized spacial score (nSPS) is 30.2. The van der Waals surface area contributed by atoms with Crippen LogP contribution in [0.15, 0.2) is 72.8 Å². The highest BCUT2D eigenvalue weighted by Gasteiger charge is 2.73. The molecule has 3 saturated carbocycles. The Kier molecular flexibility index (Phi) is 10.7. The molecule has 9 atom stereocenters. The van der Waals surface area contributed by atoms with E-state index in [0.717, 1.165) is 70.9 Å². The van der Waals surface area contributed by atoms with Crippen molar-refractivity contribution in [1.82, 2.24) is 0 Å². The van der Waals surface area contributed by atoms with Gasteiger partial charge < -0.3 is 18.9 Å². The summed E-state index contributed by atoms with van der Waals surface area (Å²) in [6.45, 7) is 12.7. The standard InChI is InChI=1S/C56H56F6N2O8/c1-27-17-33-34(18-28(27)2)48(66)63(47(33)65)31-13-9-29(10-14-31)54(55(57,58)59,56(60,61)62)30-11-15-32(16-12-30)64-49(67)35-19-43-44(20-36(35)50(64)68)72-46-24-40-38(22-45(46)71-43)52(5,6)26-53(40)25-51(3,4)37-21-41(69-7)42(70-8)23-39(37)53/h9-18,21,23,35-36,38,40,43-46H,19-20,22,24-26H2,1-8H3. The molecule has 0 radical (unpaired) electrons. The Balaban J connectivity index is 0.843. The lowest BCUT2D eigenvalue weighted by molar-refractivity contribution is -0.288. The molecular formula is C56H56F6N2O8. The molecule has 5 fully saturated rings. The SMILES string of the molecule is COc1cc2c(cc1OC)C1(CC2(C)C)CC(C)(C)C2CC3OC4CC5C(=O)N(c6ccc(C(c7ccc(N8C(=O)c9cc(C)c(C)cc9C8=O)cc7)(C(F)(F)F)C(F)(F)F)cc6)C(=O)C5CC4OC3CC21. The first kappa shape index (κ1) is 48.5. The van der Waals surface area contributed by atoms with Gasteiger partial charge in [-0.05, 0) is 157 Å². The molecule has 1 spiro atoms. The van der Waals surface area contributed by atoms with Gasteiger partial charge in [-0.15, -0.1) is 0 Å². The van der Waals surface area contributed by atoms with Crippen molar-refractivity contribution in [3.8, 4) is 11.5 Å². The Morgan fingerprint density at radius 3 is 1.42 bits per heavy atom. The topological polar surface area (TPSA) is 112 Å². The Hall–Kier alpha value is -5.74. The van der Waals surface area contributed by atoms with Crippen molar-refractivity contribution in [3.05, 3.63) is 117 Å². The van der Waals surface area contributed by atoms with Gasteiger partial charge in [-0.2, -0.15) is 26.3 Å². The first-order valence-electron chi connectivity index (χ1n) is 24.6. The van der Waals surface area contributed by atoms with Crippen LogP contribution in [0, 0.1) is 42.9 Å². The summed E-state index contributed by atoms with van der Waals surface area (Å²) < 4.78 is 117. The number of halogens is 6. The number of carbonyl (C=O) groups excluding carboxylic acids is 4. The second-order valence-electron chi connectivity index (χ2n) is 22.7. The van der Waals surface area contributed by atoms with Crippen molar-refractivity contribution < 1.29 is 64.5 Å². The van der Waals surface area contributed by atoms with E-state index >= 15 is 26.3 Å². The van der Waals surface area contributed by atoms with E-state index in [9.17, 15) is 19.2 Å². The molecule has 3 aliphatic heterocycles. The van der Waals surface area contributed by atoms with Gasteiger partial charge in [0.05, 0.1) is 73.0 Å². The fraction of sp³-hybridized carbons (Fsp3) is 0.500. The van der Waals surface area contributed by atoms with Crippen LogP contribution in [0.3, 0.4) is 0 Å². The number of nitrogens with zero attached hydrogens (tertiary/aromatic N) is 2. The van der Waals surface area contributed by atoms with Crippen LogP contribution in [-0.2, 0) is 35.3 Å². The van der Waals surface area contributed by atoms with Crippen LogP contribution in [0.5, 0.6) is 11.5 Å². The van der Waals surface area contributed by atoms with E-state index < -0.39 is 76.6 Å². The van der Waals surface area contributed by atoms with Crippen LogP contribution in [0.4, 0.5) is 37.7 Å². The molecule has 2 saturated heterocycles. The molecule has 7 aliphatic rings. The molecular weight excluding hydrogens is 943 g/mol. The van der Waals surface area contributed by atoms with E-state index in [1.54, 1.807) is 28.1 Å². The molecule has 16 heteroatoms. The second-order valence-corrected chi connectivity index (χ2v) is 22.7. The van der Waals surface area contributed by atoms with Gasteiger partial charge in [0, 0.05) is 5.41 Å². The van der Waals surface area contributed by atoms with E-state index in [-0.39, 0.29) is 69.7 Å². The Labute approximate surface area is 413 Å². The zero-order valence-corrected chi connectivity index (χ0v) is 41.2. The number of aryl methyl sites for hydroxylation is 2. The minimum absolute atomic E-state index is 0.0457. The highest BCUT2D eigenvalue weighted by Crippen LogP contribution is 2.70. The van der Waals surface area contributed by atoms with Gasteiger partial charge in [-0.25, -0.2) is 4.90 Å². The van der Waals surface area contributed by atoms with E-state index in [1.165, 1.54) is 23.3 Å². The molecule has 9 unspecified atom stereocenters. The molecule has 4 aliphatic carbocycles. The van der Waals surface area contributed by atoms with Crippen LogP contribution in [-0.4, -0.2) is 74.6 Å². The fourth-order valence-electron chi connectivity index (χ4n) is 14.8. The highest BCUT2D eigenvalue weighted by molar-refractivity contribution is 6.34. The number of alkyl halides is 6. The Morgan fingerprint density at radius 2 is 0.972 bits per heavy atom. The predicted molar refractivity (Wildman–Crippen MR) is 252 cm³/mol. The number of methoxy groups -OCH3 is 2. The van der Waals surface area contributed by atoms with Gasteiger partial charge in [0.2, 0.25) is 17.2 Å². The summed E-state index contributed by atoms with van der Waals surface area (Å²) in [5, 5.41) is 0. The van der Waals surface area contributed by atoms with Crippen molar-refractivity contribution in [2.45, 2.75) is 133 Å². The zero-order chi connectivity index (χ0) is 51.6. The van der Waals surface area contributed by atoms with Crippen LogP contribution >= 0.6 is 0 Å². The monoisotopic (exact) mass is 998 g/mol. The molecule has 380 valence electrons. The molecule has 10 nitrogen and oxygen atoms in total. The largest absolute Gasteiger partial charge is 0.493 e. The van der Waals surface area contributed by atoms with Crippen LogP contribution < -0.4 is 19.3 Å². The van der Waals surface area contributed by atoms with Gasteiger partial charge in [0.15, 0.2) is 11.5 Å². The van der Waals surface area contributed by atoms with Crippen LogP contribution in [0.1, 0.15) is 120 Å². The van der Waals surface area contributed by atoms with Crippen LogP contribution in [0.25, 0.3) is 0 Å². The number of anilines is 2. The minimum Gasteiger partial charge on any atom is -0.493 e. The third-order valence-electron chi connectivity index (χ3n) is 18.0. The highest BCUT2D eigenvalue weighted by atomic mass is 19.4. The quantitative estimate of drug-likeness (QED) is 0.139. The summed E-state index contributed by atoms with van der Waals surface area (Å²) in [7, 11) is 3.29. The number of hydrogen-bond donors (Lipinski definition) is 0. The molecule has 11 rings (SSSR count). The van der Waals surface area contributed by atoms with Crippen molar-refractivity contribution in [2.24, 2.45) is 29.1 Å². The predicted octanol–water partition coefficient (Wildman–Crippen LogP) is 11.0. The maximum atomic E-state index is 15.3. The molecule has 0 aromatic heterocycles. The molecule has 72 heavy (non-hydrogen) atoms. The Bertz CT molecular complexity index is 2910. The third kappa shape index (κ3) is 6.68. The van der Waals surface area contributed by atoms with Crippen molar-refractivity contribution in [3.63, 3.8) is 0 Å². The average molecular weight is 999 g/mol. The number of hydrogen-bond acceptors (Lipinski definition) is 8. The maximum Gasteiger partial charge on any atom is 0.411 e. The maximum absolute atomic E-state index is 15.3. The summed E-state index contributed by atoms with van der Waals surface area (Å²) in [4.78, 5) is 56.7. The smallest absolute Gasteiger partial charge is 0.411 e. The summed E-state index contributed by atoms with van der Waals surface area (Å²) in [6, 6.07) is 13.5. The first-order valence-corrected chi connectivity index (χ1v) is 24.6. The molecule has 4 aromatic carbocycles. The summed E-state index contributed by atoms with van der Waals surface area (Å²) >= 11 is 0. The van der Waals surface area contributed by atoms with E-state index in [2.05, 4.69) is 39.8 Å². The number of ether oxygens (including phenoxy) is 4. The summed E-state index contributed by atoms with van der Waals surface area (Å²) in [5.41, 5.74) is -3.61. The Morgan fingerprint density at radius 1 is 0.556 bits per heavy atom. The van der Waals surface area contributed by atoms with Crippen LogP contribution in [0.2, 0.25) is 0 Å². The fourth-order valence-corrected chi connectivity index (χ4v) is 14.8. The van der Waals surface area contributed by atoms with Gasteiger partial charge >= 0.3 is 12.4 Å².